The fourth-order valence-corrected chi connectivity index (χ4v) is 1.19. The van der Waals surface area contributed by atoms with Gasteiger partial charge in [0.05, 0.1) is 5.52 Å². The van der Waals surface area contributed by atoms with Crippen molar-refractivity contribution in [2.75, 3.05) is 6.67 Å². The molecule has 1 unspecified atom stereocenters. The van der Waals surface area contributed by atoms with Crippen molar-refractivity contribution < 1.29 is 8.78 Å². The van der Waals surface area contributed by atoms with Gasteiger partial charge in [-0.25, -0.2) is 8.78 Å². The molecule has 0 aliphatic carbocycles. The molecule has 1 atom stereocenters. The monoisotopic (exact) mass is 183 g/mol. The summed E-state index contributed by atoms with van der Waals surface area (Å²) >= 11 is 0. The number of hydrogen-bond donors (Lipinski definition) is 1. The highest BCUT2D eigenvalue weighted by atomic mass is 19.2. The molecule has 0 spiro atoms. The third kappa shape index (κ3) is 1.26. The van der Waals surface area contributed by atoms with Gasteiger partial charge in [-0.1, -0.05) is 0 Å². The normalized spacial score (nSPS) is 13.4. The fraction of sp³-hybridized carbons (Fsp3) is 0.250. The van der Waals surface area contributed by atoms with Gasteiger partial charge in [-0.15, -0.1) is 0 Å². The number of nitrogens with zero attached hydrogens (tertiary/aromatic N) is 2. The summed E-state index contributed by atoms with van der Waals surface area (Å²) in [6.07, 6.45) is 1.36. The van der Waals surface area contributed by atoms with Crippen molar-refractivity contribution in [1.82, 2.24) is 15.2 Å². The van der Waals surface area contributed by atoms with Crippen LogP contribution in [0.4, 0.5) is 8.78 Å². The molecular formula is C8H7F2N3. The molecule has 13 heavy (non-hydrogen) atoms. The van der Waals surface area contributed by atoms with Crippen molar-refractivity contribution >= 4 is 10.9 Å². The van der Waals surface area contributed by atoms with Gasteiger partial charge in [-0.05, 0) is 6.07 Å². The molecule has 3 nitrogen and oxygen atoms in total. The number of pyridine rings is 1. The van der Waals surface area contributed by atoms with Crippen LogP contribution in [0.2, 0.25) is 0 Å². The van der Waals surface area contributed by atoms with Crippen molar-refractivity contribution in [3.63, 3.8) is 0 Å². The highest BCUT2D eigenvalue weighted by Gasteiger charge is 2.16. The summed E-state index contributed by atoms with van der Waals surface area (Å²) in [6.45, 7) is -1.06. The van der Waals surface area contributed by atoms with Crippen LogP contribution in [0.15, 0.2) is 18.5 Å². The molecule has 68 valence electrons. The minimum Gasteiger partial charge on any atom is -0.277 e. The van der Waals surface area contributed by atoms with Crippen LogP contribution < -0.4 is 0 Å². The zero-order valence-corrected chi connectivity index (χ0v) is 6.67. The van der Waals surface area contributed by atoms with E-state index in [1.54, 1.807) is 12.3 Å². The zero-order chi connectivity index (χ0) is 9.26. The van der Waals surface area contributed by atoms with E-state index in [1.165, 1.54) is 6.20 Å². The first-order valence-corrected chi connectivity index (χ1v) is 3.81. The van der Waals surface area contributed by atoms with Gasteiger partial charge in [0.25, 0.3) is 0 Å². The average Bonchev–Trinajstić information content (AvgIpc) is 2.60. The Morgan fingerprint density at radius 1 is 1.54 bits per heavy atom. The molecule has 0 bridgehead atoms. The molecule has 0 aliphatic rings. The van der Waals surface area contributed by atoms with Crippen LogP contribution in [0.1, 0.15) is 11.9 Å². The lowest BCUT2D eigenvalue weighted by Crippen LogP contribution is -1.94. The summed E-state index contributed by atoms with van der Waals surface area (Å²) in [5.41, 5.74) is 0.756. The summed E-state index contributed by atoms with van der Waals surface area (Å²) < 4.78 is 25.0. The van der Waals surface area contributed by atoms with E-state index >= 15 is 0 Å². The SMILES string of the molecule is FCC(F)c1n[nH]c2ccncc12. The van der Waals surface area contributed by atoms with Crippen LogP contribution in [-0.4, -0.2) is 21.9 Å². The van der Waals surface area contributed by atoms with E-state index in [-0.39, 0.29) is 5.69 Å². The standard InChI is InChI=1S/C8H7F2N3/c9-3-6(10)8-5-4-11-2-1-7(5)12-13-8/h1-2,4,6H,3H2,(H,12,13). The molecule has 2 rings (SSSR count). The Bertz CT molecular complexity index is 412. The Morgan fingerprint density at radius 3 is 3.15 bits per heavy atom. The number of hydrogen-bond acceptors (Lipinski definition) is 2. The predicted molar refractivity (Wildman–Crippen MR) is 43.7 cm³/mol. The summed E-state index contributed by atoms with van der Waals surface area (Å²) in [6, 6.07) is 1.66. The molecule has 0 saturated heterocycles. The van der Waals surface area contributed by atoms with Crippen molar-refractivity contribution in [1.29, 1.82) is 0 Å². The molecule has 2 heterocycles. The van der Waals surface area contributed by atoms with Gasteiger partial charge in [0, 0.05) is 17.8 Å². The number of aromatic nitrogens is 3. The summed E-state index contributed by atoms with van der Waals surface area (Å²) in [7, 11) is 0. The van der Waals surface area contributed by atoms with Crippen LogP contribution in [0.3, 0.4) is 0 Å². The predicted octanol–water partition coefficient (Wildman–Crippen LogP) is 1.94. The Balaban J connectivity index is 2.57. The van der Waals surface area contributed by atoms with Crippen molar-refractivity contribution in [3.05, 3.63) is 24.2 Å². The summed E-state index contributed by atoms with van der Waals surface area (Å²) in [5.74, 6) is 0. The molecular weight excluding hydrogens is 176 g/mol. The summed E-state index contributed by atoms with van der Waals surface area (Å²) in [5, 5.41) is 6.83. The average molecular weight is 183 g/mol. The lowest BCUT2D eigenvalue weighted by Gasteiger charge is -1.97. The minimum atomic E-state index is -1.67. The second kappa shape index (κ2) is 3.08. The van der Waals surface area contributed by atoms with Crippen molar-refractivity contribution in [2.45, 2.75) is 6.17 Å². The lowest BCUT2D eigenvalue weighted by atomic mass is 10.2. The molecule has 2 aromatic rings. The topological polar surface area (TPSA) is 41.6 Å². The highest BCUT2D eigenvalue weighted by molar-refractivity contribution is 5.80. The number of alkyl halides is 2. The molecule has 0 fully saturated rings. The van der Waals surface area contributed by atoms with E-state index in [2.05, 4.69) is 15.2 Å². The molecule has 0 amide bonds. The number of halogens is 2. The van der Waals surface area contributed by atoms with Crippen molar-refractivity contribution in [3.8, 4) is 0 Å². The van der Waals surface area contributed by atoms with Gasteiger partial charge in [0.1, 0.15) is 12.4 Å². The highest BCUT2D eigenvalue weighted by Crippen LogP contribution is 2.23. The molecule has 5 heteroatoms. The van der Waals surface area contributed by atoms with Crippen LogP contribution in [-0.2, 0) is 0 Å². The second-order valence-electron chi connectivity index (χ2n) is 2.65. The Kier molecular flexibility index (Phi) is 1.92. The first-order chi connectivity index (χ1) is 6.33. The zero-order valence-electron chi connectivity index (χ0n) is 6.67. The van der Waals surface area contributed by atoms with E-state index in [4.69, 9.17) is 0 Å². The first-order valence-electron chi connectivity index (χ1n) is 3.81. The molecule has 0 saturated carbocycles. The van der Waals surface area contributed by atoms with Crippen LogP contribution in [0, 0.1) is 0 Å². The van der Waals surface area contributed by atoms with Crippen LogP contribution in [0.25, 0.3) is 10.9 Å². The van der Waals surface area contributed by atoms with E-state index in [9.17, 15) is 8.78 Å². The Hall–Kier alpha value is -1.52. The number of nitrogens with one attached hydrogen (secondary N) is 1. The first kappa shape index (κ1) is 8.10. The van der Waals surface area contributed by atoms with E-state index < -0.39 is 12.8 Å². The van der Waals surface area contributed by atoms with Gasteiger partial charge in [0.15, 0.2) is 6.17 Å². The van der Waals surface area contributed by atoms with Crippen molar-refractivity contribution in [2.24, 2.45) is 0 Å². The van der Waals surface area contributed by atoms with Gasteiger partial charge < -0.3 is 0 Å². The van der Waals surface area contributed by atoms with Crippen LogP contribution >= 0.6 is 0 Å². The number of H-pyrrole nitrogens is 1. The quantitative estimate of drug-likeness (QED) is 0.772. The maximum Gasteiger partial charge on any atom is 0.173 e. The molecule has 0 aliphatic heterocycles. The van der Waals surface area contributed by atoms with Gasteiger partial charge in [0.2, 0.25) is 0 Å². The molecule has 0 aromatic carbocycles. The third-order valence-corrected chi connectivity index (χ3v) is 1.83. The van der Waals surface area contributed by atoms with E-state index in [0.717, 1.165) is 0 Å². The van der Waals surface area contributed by atoms with Gasteiger partial charge >= 0.3 is 0 Å². The molecule has 1 N–H and O–H groups in total. The summed E-state index contributed by atoms with van der Waals surface area (Å²) in [4.78, 5) is 3.81. The number of aromatic amines is 1. The Morgan fingerprint density at radius 2 is 2.38 bits per heavy atom. The molecule has 0 radical (unpaired) electrons. The van der Waals surface area contributed by atoms with Crippen LogP contribution in [0.5, 0.6) is 0 Å². The minimum absolute atomic E-state index is 0.0885. The second-order valence-corrected chi connectivity index (χ2v) is 2.65. The molecule has 2 aromatic heterocycles. The smallest absolute Gasteiger partial charge is 0.173 e. The third-order valence-electron chi connectivity index (χ3n) is 1.83. The largest absolute Gasteiger partial charge is 0.277 e. The van der Waals surface area contributed by atoms with E-state index in [0.29, 0.717) is 10.9 Å². The Labute approximate surface area is 72.8 Å². The number of fused-ring (bicyclic) bond motifs is 1. The number of rotatable bonds is 2. The lowest BCUT2D eigenvalue weighted by molar-refractivity contribution is 0.262. The maximum atomic E-state index is 12.9. The van der Waals surface area contributed by atoms with E-state index in [1.807, 2.05) is 0 Å². The fourth-order valence-electron chi connectivity index (χ4n) is 1.19. The maximum absolute atomic E-state index is 12.9. The van der Waals surface area contributed by atoms with Gasteiger partial charge in [-0.3, -0.25) is 10.1 Å². The van der Waals surface area contributed by atoms with Gasteiger partial charge in [-0.2, -0.15) is 5.10 Å².